The second kappa shape index (κ2) is 7.85. The summed E-state index contributed by atoms with van der Waals surface area (Å²) in [6.45, 7) is 2.75. The van der Waals surface area contributed by atoms with Gasteiger partial charge in [0, 0.05) is 18.4 Å². The average molecular weight is 320 g/mol. The number of hydrogen-bond donors (Lipinski definition) is 1. The Morgan fingerprint density at radius 2 is 1.95 bits per heavy atom. The van der Waals surface area contributed by atoms with Crippen LogP contribution < -0.4 is 0 Å². The molecule has 0 bridgehead atoms. The van der Waals surface area contributed by atoms with Gasteiger partial charge in [0.25, 0.3) is 0 Å². The molecule has 0 spiro atoms. The molecule has 0 amide bonds. The molecule has 0 saturated carbocycles. The molecule has 0 radical (unpaired) electrons. The van der Waals surface area contributed by atoms with Crippen molar-refractivity contribution in [1.82, 2.24) is 4.90 Å². The molecule has 1 unspecified atom stereocenters. The predicted octanol–water partition coefficient (Wildman–Crippen LogP) is 3.59. The molecular weight excluding hydrogens is 290 g/mol. The highest BCUT2D eigenvalue weighted by molar-refractivity contribution is 7.99. The summed E-state index contributed by atoms with van der Waals surface area (Å²) in [6, 6.07) is 11.6. The van der Waals surface area contributed by atoms with Crippen LogP contribution in [0, 0.1) is 5.41 Å². The van der Waals surface area contributed by atoms with Gasteiger partial charge in [-0.2, -0.15) is 11.8 Å². The highest BCUT2D eigenvalue weighted by Crippen LogP contribution is 2.38. The number of nitrogens with zero attached hydrogens (tertiary/aromatic N) is 1. The normalized spacial score (nSPS) is 25.4. The van der Waals surface area contributed by atoms with Gasteiger partial charge in [0.2, 0.25) is 0 Å². The maximum Gasteiger partial charge on any atom is 0.0488 e. The molecule has 0 aliphatic carbocycles. The summed E-state index contributed by atoms with van der Waals surface area (Å²) in [5.41, 5.74) is 1.62. The Balaban J connectivity index is 1.46. The fourth-order valence-electron chi connectivity index (χ4n) is 3.97. The number of aryl methyl sites for hydroxylation is 1. The van der Waals surface area contributed by atoms with Crippen LogP contribution >= 0.6 is 11.8 Å². The number of rotatable bonds is 6. The van der Waals surface area contributed by atoms with Crippen molar-refractivity contribution >= 4 is 11.8 Å². The fourth-order valence-corrected chi connectivity index (χ4v) is 5.23. The minimum atomic E-state index is 0.191. The lowest BCUT2D eigenvalue weighted by molar-refractivity contribution is 0.0238. The van der Waals surface area contributed by atoms with E-state index in [0.717, 1.165) is 12.5 Å². The average Bonchev–Trinajstić information content (AvgIpc) is 3.11. The van der Waals surface area contributed by atoms with Crippen molar-refractivity contribution in [3.05, 3.63) is 35.9 Å². The number of hydrogen-bond acceptors (Lipinski definition) is 3. The Bertz CT molecular complexity index is 436. The third kappa shape index (κ3) is 4.06. The second-order valence-electron chi connectivity index (χ2n) is 7.05. The van der Waals surface area contributed by atoms with E-state index in [1.54, 1.807) is 0 Å². The largest absolute Gasteiger partial charge is 0.396 e. The summed E-state index contributed by atoms with van der Waals surface area (Å²) >= 11 is 2.10. The summed E-state index contributed by atoms with van der Waals surface area (Å²) in [4.78, 5) is 2.69. The van der Waals surface area contributed by atoms with Gasteiger partial charge in [-0.15, -0.1) is 0 Å². The molecule has 0 aromatic heterocycles. The molecular formula is C19H29NOS. The SMILES string of the molecule is OCC1(CCCc2ccccc2)CCN(C2CCSC2)CC1. The van der Waals surface area contributed by atoms with Crippen LogP contribution in [-0.2, 0) is 6.42 Å². The van der Waals surface area contributed by atoms with E-state index in [4.69, 9.17) is 0 Å². The lowest BCUT2D eigenvalue weighted by atomic mass is 9.74. The van der Waals surface area contributed by atoms with Crippen LogP contribution in [0.1, 0.15) is 37.7 Å². The maximum atomic E-state index is 9.97. The fraction of sp³-hybridized carbons (Fsp3) is 0.684. The topological polar surface area (TPSA) is 23.5 Å². The summed E-state index contributed by atoms with van der Waals surface area (Å²) in [7, 11) is 0. The lowest BCUT2D eigenvalue weighted by Gasteiger charge is -2.43. The maximum absolute atomic E-state index is 9.97. The summed E-state index contributed by atoms with van der Waals surface area (Å²) in [5.74, 6) is 2.66. The van der Waals surface area contributed by atoms with Gasteiger partial charge in [0.1, 0.15) is 0 Å². The molecule has 3 heteroatoms. The van der Waals surface area contributed by atoms with E-state index < -0.39 is 0 Å². The smallest absolute Gasteiger partial charge is 0.0488 e. The number of aliphatic hydroxyl groups excluding tert-OH is 1. The molecule has 2 aliphatic heterocycles. The third-order valence-corrected chi connectivity index (χ3v) is 6.78. The Hall–Kier alpha value is -0.510. The van der Waals surface area contributed by atoms with Gasteiger partial charge in [0.15, 0.2) is 0 Å². The van der Waals surface area contributed by atoms with Crippen molar-refractivity contribution in [1.29, 1.82) is 0 Å². The predicted molar refractivity (Wildman–Crippen MR) is 95.4 cm³/mol. The molecule has 122 valence electrons. The van der Waals surface area contributed by atoms with Crippen LogP contribution in [0.15, 0.2) is 30.3 Å². The van der Waals surface area contributed by atoms with Crippen molar-refractivity contribution in [2.24, 2.45) is 5.41 Å². The third-order valence-electron chi connectivity index (χ3n) is 5.63. The number of likely N-dealkylation sites (tertiary alicyclic amines) is 1. The van der Waals surface area contributed by atoms with Crippen molar-refractivity contribution in [2.45, 2.75) is 44.6 Å². The molecule has 1 aromatic carbocycles. The number of aliphatic hydroxyl groups is 1. The van der Waals surface area contributed by atoms with Crippen molar-refractivity contribution in [2.75, 3.05) is 31.2 Å². The molecule has 3 rings (SSSR count). The lowest BCUT2D eigenvalue weighted by Crippen LogP contribution is -2.46. The monoisotopic (exact) mass is 319 g/mol. The van der Waals surface area contributed by atoms with E-state index in [1.165, 1.54) is 62.3 Å². The first kappa shape index (κ1) is 16.4. The first-order chi connectivity index (χ1) is 10.8. The molecule has 1 aromatic rings. The zero-order chi connectivity index (χ0) is 15.3. The van der Waals surface area contributed by atoms with Crippen LogP contribution in [0.4, 0.5) is 0 Å². The molecule has 22 heavy (non-hydrogen) atoms. The summed E-state index contributed by atoms with van der Waals surface area (Å²) in [6.07, 6.45) is 7.24. The van der Waals surface area contributed by atoms with Gasteiger partial charge in [-0.05, 0) is 68.3 Å². The van der Waals surface area contributed by atoms with E-state index >= 15 is 0 Å². The van der Waals surface area contributed by atoms with E-state index in [1.807, 2.05) is 0 Å². The highest BCUT2D eigenvalue weighted by atomic mass is 32.2. The first-order valence-electron chi connectivity index (χ1n) is 8.78. The zero-order valence-corrected chi connectivity index (χ0v) is 14.4. The Kier molecular flexibility index (Phi) is 5.83. The first-order valence-corrected chi connectivity index (χ1v) is 9.93. The van der Waals surface area contributed by atoms with Crippen LogP contribution in [-0.4, -0.2) is 47.3 Å². The highest BCUT2D eigenvalue weighted by Gasteiger charge is 2.36. The molecule has 2 aliphatic rings. The summed E-state index contributed by atoms with van der Waals surface area (Å²) in [5, 5.41) is 9.97. The van der Waals surface area contributed by atoms with Gasteiger partial charge in [0.05, 0.1) is 0 Å². The minimum Gasteiger partial charge on any atom is -0.396 e. The molecule has 2 saturated heterocycles. The van der Waals surface area contributed by atoms with Gasteiger partial charge in [-0.3, -0.25) is 4.90 Å². The zero-order valence-electron chi connectivity index (χ0n) is 13.5. The van der Waals surface area contributed by atoms with Crippen LogP contribution in [0.3, 0.4) is 0 Å². The van der Waals surface area contributed by atoms with Crippen LogP contribution in [0.2, 0.25) is 0 Å². The quantitative estimate of drug-likeness (QED) is 0.867. The molecule has 2 fully saturated rings. The van der Waals surface area contributed by atoms with Crippen molar-refractivity contribution in [3.8, 4) is 0 Å². The molecule has 2 nitrogen and oxygen atoms in total. The Morgan fingerprint density at radius 3 is 2.59 bits per heavy atom. The van der Waals surface area contributed by atoms with Crippen LogP contribution in [0.5, 0.6) is 0 Å². The molecule has 1 atom stereocenters. The second-order valence-corrected chi connectivity index (χ2v) is 8.20. The summed E-state index contributed by atoms with van der Waals surface area (Å²) < 4.78 is 0. The van der Waals surface area contributed by atoms with Crippen molar-refractivity contribution < 1.29 is 5.11 Å². The van der Waals surface area contributed by atoms with Gasteiger partial charge < -0.3 is 5.11 Å². The Labute approximate surface area is 139 Å². The standard InChI is InChI=1S/C19H29NOS/c21-16-19(9-4-7-17-5-2-1-3-6-17)10-12-20(13-11-19)18-8-14-22-15-18/h1-3,5-6,18,21H,4,7-16H2. The van der Waals surface area contributed by atoms with E-state index in [9.17, 15) is 5.11 Å². The number of thioether (sulfide) groups is 1. The van der Waals surface area contributed by atoms with E-state index in [2.05, 4.69) is 47.0 Å². The Morgan fingerprint density at radius 1 is 1.18 bits per heavy atom. The van der Waals surface area contributed by atoms with Crippen LogP contribution in [0.25, 0.3) is 0 Å². The van der Waals surface area contributed by atoms with Gasteiger partial charge >= 0.3 is 0 Å². The number of benzene rings is 1. The van der Waals surface area contributed by atoms with Gasteiger partial charge in [-0.1, -0.05) is 30.3 Å². The molecule has 1 N–H and O–H groups in total. The van der Waals surface area contributed by atoms with E-state index in [-0.39, 0.29) is 5.41 Å². The number of piperidine rings is 1. The molecule has 2 heterocycles. The van der Waals surface area contributed by atoms with Gasteiger partial charge in [-0.25, -0.2) is 0 Å². The van der Waals surface area contributed by atoms with Crippen molar-refractivity contribution in [3.63, 3.8) is 0 Å². The minimum absolute atomic E-state index is 0.191. The van der Waals surface area contributed by atoms with E-state index in [0.29, 0.717) is 6.61 Å².